The fraction of sp³-hybridized carbons (Fsp3) is 0.400. The molecular formula is C25H25ClO5. The van der Waals surface area contributed by atoms with E-state index in [-0.39, 0.29) is 43.7 Å². The number of esters is 2. The average molecular weight is 441 g/mol. The minimum absolute atomic E-state index is 0.0338. The lowest BCUT2D eigenvalue weighted by atomic mass is 9.67. The number of ketones is 1. The normalized spacial score (nSPS) is 23.6. The Labute approximate surface area is 186 Å². The number of ether oxygens (including phenoxy) is 2. The minimum atomic E-state index is -1.42. The number of rotatable bonds is 5. The molecule has 0 bridgehead atoms. The number of Topliss-reactive ketones (excluding diaryl/α,β-unsaturated/α-hetero) is 1. The van der Waals surface area contributed by atoms with Crippen LogP contribution >= 0.6 is 11.6 Å². The Morgan fingerprint density at radius 3 is 2.26 bits per heavy atom. The van der Waals surface area contributed by atoms with Gasteiger partial charge in [-0.1, -0.05) is 48.0 Å². The second-order valence-electron chi connectivity index (χ2n) is 8.19. The molecule has 3 atom stereocenters. The smallest absolute Gasteiger partial charge is 0.323 e. The van der Waals surface area contributed by atoms with E-state index in [1.807, 2.05) is 36.4 Å². The molecule has 0 heterocycles. The number of carbonyl (C=O) groups is 3. The molecule has 4 rings (SSSR count). The highest BCUT2D eigenvalue weighted by Crippen LogP contribution is 2.59. The van der Waals surface area contributed by atoms with Gasteiger partial charge in [-0.25, -0.2) is 0 Å². The summed E-state index contributed by atoms with van der Waals surface area (Å²) in [6.45, 7) is 3.77. The van der Waals surface area contributed by atoms with E-state index in [9.17, 15) is 14.4 Å². The van der Waals surface area contributed by atoms with Crippen molar-refractivity contribution in [2.75, 3.05) is 13.2 Å². The van der Waals surface area contributed by atoms with E-state index in [1.54, 1.807) is 26.0 Å². The largest absolute Gasteiger partial charge is 0.465 e. The van der Waals surface area contributed by atoms with E-state index < -0.39 is 23.3 Å². The number of halogens is 1. The highest BCUT2D eigenvalue weighted by molar-refractivity contribution is 6.31. The van der Waals surface area contributed by atoms with Crippen molar-refractivity contribution < 1.29 is 23.9 Å². The summed E-state index contributed by atoms with van der Waals surface area (Å²) in [6, 6.07) is 14.8. The fourth-order valence-corrected chi connectivity index (χ4v) is 5.46. The van der Waals surface area contributed by atoms with Gasteiger partial charge in [0, 0.05) is 10.6 Å². The summed E-state index contributed by atoms with van der Waals surface area (Å²) in [6.07, 6.45) is 0.462. The maximum Gasteiger partial charge on any atom is 0.323 e. The van der Waals surface area contributed by atoms with Gasteiger partial charge in [-0.05, 0) is 61.8 Å². The molecule has 2 aliphatic carbocycles. The molecule has 31 heavy (non-hydrogen) atoms. The standard InChI is InChI=1S/C25H25ClO5/c1-3-30-23(28)25(24(29)31-4-2)13-19-17-11-10-16(26)12-18(17)22(27)21(20(19)14-25)15-8-6-5-7-9-15/h5-12,19-21H,3-4,13-14H2,1-2H3/t19-,20-,21+/m1/s1. The lowest BCUT2D eigenvalue weighted by molar-refractivity contribution is -0.172. The molecule has 2 aliphatic rings. The molecule has 1 saturated carbocycles. The van der Waals surface area contributed by atoms with Gasteiger partial charge in [0.1, 0.15) is 0 Å². The van der Waals surface area contributed by atoms with Crippen LogP contribution in [0.3, 0.4) is 0 Å². The first-order chi connectivity index (χ1) is 14.9. The van der Waals surface area contributed by atoms with E-state index in [0.29, 0.717) is 10.6 Å². The predicted octanol–water partition coefficient (Wildman–Crippen LogP) is 4.93. The second kappa shape index (κ2) is 8.46. The zero-order valence-corrected chi connectivity index (χ0v) is 18.4. The lowest BCUT2D eigenvalue weighted by Crippen LogP contribution is -2.40. The van der Waals surface area contributed by atoms with Gasteiger partial charge in [0.2, 0.25) is 0 Å². The third-order valence-corrected chi connectivity index (χ3v) is 6.79. The molecule has 0 aliphatic heterocycles. The first-order valence-corrected chi connectivity index (χ1v) is 11.0. The van der Waals surface area contributed by atoms with Crippen molar-refractivity contribution in [3.05, 3.63) is 70.2 Å². The molecule has 0 amide bonds. The Kier molecular flexibility index (Phi) is 5.89. The van der Waals surface area contributed by atoms with Crippen LogP contribution in [0.15, 0.2) is 48.5 Å². The molecule has 6 heteroatoms. The Morgan fingerprint density at radius 1 is 1.00 bits per heavy atom. The van der Waals surface area contributed by atoms with E-state index in [4.69, 9.17) is 21.1 Å². The SMILES string of the molecule is CCOC(=O)C1(C(=O)OCC)C[C@@H]2[C@H](C1)c1ccc(Cl)cc1C(=O)[C@H]2c1ccccc1. The highest BCUT2D eigenvalue weighted by Gasteiger charge is 2.61. The van der Waals surface area contributed by atoms with E-state index >= 15 is 0 Å². The van der Waals surface area contributed by atoms with Crippen LogP contribution in [-0.2, 0) is 19.1 Å². The van der Waals surface area contributed by atoms with Crippen LogP contribution in [0.25, 0.3) is 0 Å². The third-order valence-electron chi connectivity index (χ3n) is 6.55. The maximum absolute atomic E-state index is 13.6. The summed E-state index contributed by atoms with van der Waals surface area (Å²) in [5.74, 6) is -2.03. The predicted molar refractivity (Wildman–Crippen MR) is 116 cm³/mol. The molecule has 1 fully saturated rings. The lowest BCUT2D eigenvalue weighted by Gasteiger charge is -2.34. The minimum Gasteiger partial charge on any atom is -0.465 e. The Balaban J connectivity index is 1.87. The van der Waals surface area contributed by atoms with Crippen molar-refractivity contribution in [1.29, 1.82) is 0 Å². The first-order valence-electron chi connectivity index (χ1n) is 10.7. The van der Waals surface area contributed by atoms with Crippen LogP contribution in [0, 0.1) is 11.3 Å². The number of hydrogen-bond acceptors (Lipinski definition) is 5. The zero-order chi connectivity index (χ0) is 22.2. The topological polar surface area (TPSA) is 69.7 Å². The average Bonchev–Trinajstić information content (AvgIpc) is 3.17. The van der Waals surface area contributed by atoms with Crippen molar-refractivity contribution in [2.45, 2.75) is 38.5 Å². The van der Waals surface area contributed by atoms with Gasteiger partial charge in [0.15, 0.2) is 11.2 Å². The summed E-state index contributed by atoms with van der Waals surface area (Å²) < 4.78 is 10.7. The molecule has 0 unspecified atom stereocenters. The van der Waals surface area contributed by atoms with Crippen LogP contribution in [-0.4, -0.2) is 30.9 Å². The van der Waals surface area contributed by atoms with E-state index in [2.05, 4.69) is 0 Å². The molecule has 0 radical (unpaired) electrons. The van der Waals surface area contributed by atoms with Crippen molar-refractivity contribution >= 4 is 29.3 Å². The Morgan fingerprint density at radius 2 is 1.65 bits per heavy atom. The Bertz CT molecular complexity index is 998. The van der Waals surface area contributed by atoms with Gasteiger partial charge in [0.25, 0.3) is 0 Å². The number of carbonyl (C=O) groups excluding carboxylic acids is 3. The number of hydrogen-bond donors (Lipinski definition) is 0. The summed E-state index contributed by atoms with van der Waals surface area (Å²) in [5, 5.41) is 0.484. The highest BCUT2D eigenvalue weighted by atomic mass is 35.5. The summed E-state index contributed by atoms with van der Waals surface area (Å²) in [4.78, 5) is 39.8. The second-order valence-corrected chi connectivity index (χ2v) is 8.62. The molecular weight excluding hydrogens is 416 g/mol. The van der Waals surface area contributed by atoms with Crippen LogP contribution in [0.2, 0.25) is 5.02 Å². The fourth-order valence-electron chi connectivity index (χ4n) is 5.29. The molecule has 0 saturated heterocycles. The van der Waals surface area contributed by atoms with Gasteiger partial charge in [-0.3, -0.25) is 14.4 Å². The molecule has 0 N–H and O–H groups in total. The van der Waals surface area contributed by atoms with Gasteiger partial charge < -0.3 is 9.47 Å². The van der Waals surface area contributed by atoms with Crippen LogP contribution in [0.1, 0.15) is 60.0 Å². The molecule has 2 aromatic carbocycles. The summed E-state index contributed by atoms with van der Waals surface area (Å²) in [7, 11) is 0. The van der Waals surface area contributed by atoms with Crippen molar-refractivity contribution in [3.63, 3.8) is 0 Å². The monoisotopic (exact) mass is 440 g/mol. The zero-order valence-electron chi connectivity index (χ0n) is 17.6. The number of benzene rings is 2. The maximum atomic E-state index is 13.6. The molecule has 162 valence electrons. The molecule has 5 nitrogen and oxygen atoms in total. The first kappa shape index (κ1) is 21.6. The summed E-state index contributed by atoms with van der Waals surface area (Å²) >= 11 is 6.22. The quantitative estimate of drug-likeness (QED) is 0.487. The van der Waals surface area contributed by atoms with Gasteiger partial charge in [-0.2, -0.15) is 0 Å². The van der Waals surface area contributed by atoms with Crippen molar-refractivity contribution in [3.8, 4) is 0 Å². The molecule has 0 spiro atoms. The van der Waals surface area contributed by atoms with Gasteiger partial charge in [-0.15, -0.1) is 0 Å². The van der Waals surface area contributed by atoms with E-state index in [1.165, 1.54) is 0 Å². The van der Waals surface area contributed by atoms with Crippen LogP contribution in [0.4, 0.5) is 0 Å². The number of fused-ring (bicyclic) bond motifs is 3. The van der Waals surface area contributed by atoms with Crippen molar-refractivity contribution in [2.24, 2.45) is 11.3 Å². The Hall–Kier alpha value is -2.66. The molecule has 2 aromatic rings. The van der Waals surface area contributed by atoms with E-state index in [0.717, 1.165) is 11.1 Å². The van der Waals surface area contributed by atoms with Crippen LogP contribution in [0.5, 0.6) is 0 Å². The van der Waals surface area contributed by atoms with Crippen LogP contribution < -0.4 is 0 Å². The summed E-state index contributed by atoms with van der Waals surface area (Å²) in [5.41, 5.74) is 0.848. The van der Waals surface area contributed by atoms with Gasteiger partial charge in [0.05, 0.1) is 19.1 Å². The van der Waals surface area contributed by atoms with Crippen molar-refractivity contribution in [1.82, 2.24) is 0 Å². The third kappa shape index (κ3) is 3.55. The molecule has 0 aromatic heterocycles. The van der Waals surface area contributed by atoms with Gasteiger partial charge >= 0.3 is 11.9 Å².